The second kappa shape index (κ2) is 6.83. The Hall–Kier alpha value is -1.69. The van der Waals surface area contributed by atoms with Crippen molar-refractivity contribution >= 4 is 10.0 Å². The van der Waals surface area contributed by atoms with Gasteiger partial charge in [-0.15, -0.1) is 0 Å². The highest BCUT2D eigenvalue weighted by Gasteiger charge is 2.29. The van der Waals surface area contributed by atoms with Crippen molar-refractivity contribution in [2.75, 3.05) is 12.8 Å². The molecule has 0 spiro atoms. The molecule has 1 aliphatic heterocycles. The van der Waals surface area contributed by atoms with E-state index in [4.69, 9.17) is 0 Å². The standard InChI is InChI=1S/C18H22N2O2S/c1-23(21,22)20-17-10-11-19-18(17)13-14-6-5-9-16(12-14)15-7-3-2-4-8-15/h2-9,12,17-20H,10-11,13H2,1H3. The second-order valence-corrected chi connectivity index (χ2v) is 7.90. The van der Waals surface area contributed by atoms with Crippen LogP contribution in [0.25, 0.3) is 11.1 Å². The van der Waals surface area contributed by atoms with Gasteiger partial charge in [0.15, 0.2) is 0 Å². The molecule has 0 saturated carbocycles. The molecule has 0 bridgehead atoms. The van der Waals surface area contributed by atoms with E-state index < -0.39 is 10.0 Å². The normalized spacial score (nSPS) is 21.4. The molecule has 122 valence electrons. The fourth-order valence-electron chi connectivity index (χ4n) is 3.16. The molecule has 5 heteroatoms. The molecule has 23 heavy (non-hydrogen) atoms. The quantitative estimate of drug-likeness (QED) is 0.883. The van der Waals surface area contributed by atoms with Crippen molar-refractivity contribution in [1.29, 1.82) is 0 Å². The molecule has 3 rings (SSSR count). The summed E-state index contributed by atoms with van der Waals surface area (Å²) >= 11 is 0. The van der Waals surface area contributed by atoms with Gasteiger partial charge in [0.25, 0.3) is 0 Å². The monoisotopic (exact) mass is 330 g/mol. The SMILES string of the molecule is CS(=O)(=O)NC1CCNC1Cc1cccc(-c2ccccc2)c1. The van der Waals surface area contributed by atoms with Crippen molar-refractivity contribution in [2.45, 2.75) is 24.9 Å². The third kappa shape index (κ3) is 4.41. The number of sulfonamides is 1. The molecule has 2 atom stereocenters. The predicted octanol–water partition coefficient (Wildman–Crippen LogP) is 2.18. The number of hydrogen-bond donors (Lipinski definition) is 2. The van der Waals surface area contributed by atoms with E-state index >= 15 is 0 Å². The molecule has 1 aliphatic rings. The lowest BCUT2D eigenvalue weighted by molar-refractivity contribution is 0.494. The van der Waals surface area contributed by atoms with Crippen molar-refractivity contribution in [3.63, 3.8) is 0 Å². The Morgan fingerprint density at radius 1 is 1.09 bits per heavy atom. The van der Waals surface area contributed by atoms with E-state index in [0.29, 0.717) is 0 Å². The molecule has 0 aromatic heterocycles. The molecule has 1 heterocycles. The lowest BCUT2D eigenvalue weighted by Crippen LogP contribution is -2.44. The van der Waals surface area contributed by atoms with Gasteiger partial charge in [-0.05, 0) is 36.1 Å². The Labute approximate surface area is 138 Å². The summed E-state index contributed by atoms with van der Waals surface area (Å²) < 4.78 is 25.7. The maximum absolute atomic E-state index is 11.5. The molecular formula is C18H22N2O2S. The second-order valence-electron chi connectivity index (χ2n) is 6.12. The number of nitrogens with one attached hydrogen (secondary N) is 2. The summed E-state index contributed by atoms with van der Waals surface area (Å²) in [6, 6.07) is 18.8. The van der Waals surface area contributed by atoms with Crippen LogP contribution in [0, 0.1) is 0 Å². The van der Waals surface area contributed by atoms with Crippen LogP contribution >= 0.6 is 0 Å². The van der Waals surface area contributed by atoms with Gasteiger partial charge in [0.2, 0.25) is 10.0 Å². The first-order valence-electron chi connectivity index (χ1n) is 7.86. The van der Waals surface area contributed by atoms with Crippen LogP contribution in [0.5, 0.6) is 0 Å². The number of benzene rings is 2. The summed E-state index contributed by atoms with van der Waals surface area (Å²) in [5, 5.41) is 3.41. The van der Waals surface area contributed by atoms with Crippen molar-refractivity contribution in [3.05, 3.63) is 60.2 Å². The van der Waals surface area contributed by atoms with Crippen LogP contribution in [0.15, 0.2) is 54.6 Å². The Morgan fingerprint density at radius 3 is 2.57 bits per heavy atom. The van der Waals surface area contributed by atoms with Gasteiger partial charge in [0.1, 0.15) is 0 Å². The summed E-state index contributed by atoms with van der Waals surface area (Å²) in [6.07, 6.45) is 2.86. The molecule has 1 saturated heterocycles. The summed E-state index contributed by atoms with van der Waals surface area (Å²) in [6.45, 7) is 0.843. The smallest absolute Gasteiger partial charge is 0.209 e. The summed E-state index contributed by atoms with van der Waals surface area (Å²) in [7, 11) is -3.17. The van der Waals surface area contributed by atoms with E-state index in [1.165, 1.54) is 22.9 Å². The largest absolute Gasteiger partial charge is 0.312 e. The van der Waals surface area contributed by atoms with Crippen LogP contribution < -0.4 is 10.0 Å². The molecule has 2 unspecified atom stereocenters. The van der Waals surface area contributed by atoms with Crippen LogP contribution in [-0.2, 0) is 16.4 Å². The van der Waals surface area contributed by atoms with E-state index in [-0.39, 0.29) is 12.1 Å². The first-order chi connectivity index (χ1) is 11.0. The summed E-state index contributed by atoms with van der Waals surface area (Å²) in [5.41, 5.74) is 3.60. The Bertz CT molecular complexity index is 760. The van der Waals surface area contributed by atoms with Crippen molar-refractivity contribution in [3.8, 4) is 11.1 Å². The van der Waals surface area contributed by atoms with Crippen LogP contribution in [0.3, 0.4) is 0 Å². The molecule has 0 radical (unpaired) electrons. The number of hydrogen-bond acceptors (Lipinski definition) is 3. The van der Waals surface area contributed by atoms with Crippen molar-refractivity contribution < 1.29 is 8.42 Å². The van der Waals surface area contributed by atoms with Crippen molar-refractivity contribution in [1.82, 2.24) is 10.0 Å². The van der Waals surface area contributed by atoms with Crippen molar-refractivity contribution in [2.24, 2.45) is 0 Å². The third-order valence-electron chi connectivity index (χ3n) is 4.20. The molecule has 0 aliphatic carbocycles. The Kier molecular flexibility index (Phi) is 4.80. The zero-order valence-corrected chi connectivity index (χ0v) is 14.0. The molecule has 0 amide bonds. The molecule has 4 nitrogen and oxygen atoms in total. The van der Waals surface area contributed by atoms with E-state index in [9.17, 15) is 8.42 Å². The van der Waals surface area contributed by atoms with Crippen LogP contribution in [0.2, 0.25) is 0 Å². The third-order valence-corrected chi connectivity index (χ3v) is 4.93. The average molecular weight is 330 g/mol. The van der Waals surface area contributed by atoms with Gasteiger partial charge in [-0.2, -0.15) is 0 Å². The van der Waals surface area contributed by atoms with Gasteiger partial charge >= 0.3 is 0 Å². The predicted molar refractivity (Wildman–Crippen MR) is 93.8 cm³/mol. The highest BCUT2D eigenvalue weighted by molar-refractivity contribution is 7.88. The molecule has 2 aromatic rings. The van der Waals surface area contributed by atoms with E-state index in [1.807, 2.05) is 18.2 Å². The van der Waals surface area contributed by atoms with Gasteiger partial charge in [0.05, 0.1) is 6.26 Å². The minimum absolute atomic E-state index is 0.0367. The highest BCUT2D eigenvalue weighted by atomic mass is 32.2. The van der Waals surface area contributed by atoms with Gasteiger partial charge in [0, 0.05) is 12.1 Å². The van der Waals surface area contributed by atoms with Gasteiger partial charge in [-0.1, -0.05) is 54.6 Å². The van der Waals surface area contributed by atoms with Gasteiger partial charge < -0.3 is 5.32 Å². The maximum atomic E-state index is 11.5. The molecule has 1 fully saturated rings. The minimum atomic E-state index is -3.17. The molecular weight excluding hydrogens is 308 g/mol. The molecule has 2 aromatic carbocycles. The molecule has 2 N–H and O–H groups in total. The van der Waals surface area contributed by atoms with Gasteiger partial charge in [-0.25, -0.2) is 13.1 Å². The van der Waals surface area contributed by atoms with Crippen LogP contribution in [-0.4, -0.2) is 33.3 Å². The lowest BCUT2D eigenvalue weighted by Gasteiger charge is -2.20. The Balaban J connectivity index is 1.75. The lowest BCUT2D eigenvalue weighted by atomic mass is 9.97. The fourth-order valence-corrected chi connectivity index (χ4v) is 3.99. The maximum Gasteiger partial charge on any atom is 0.209 e. The van der Waals surface area contributed by atoms with E-state index in [1.54, 1.807) is 0 Å². The first-order valence-corrected chi connectivity index (χ1v) is 9.75. The van der Waals surface area contributed by atoms with Crippen LogP contribution in [0.4, 0.5) is 0 Å². The number of rotatable bonds is 5. The topological polar surface area (TPSA) is 58.2 Å². The van der Waals surface area contributed by atoms with E-state index in [0.717, 1.165) is 19.4 Å². The zero-order valence-electron chi connectivity index (χ0n) is 13.2. The fraction of sp³-hybridized carbons (Fsp3) is 0.333. The van der Waals surface area contributed by atoms with Crippen LogP contribution in [0.1, 0.15) is 12.0 Å². The summed E-state index contributed by atoms with van der Waals surface area (Å²) in [5.74, 6) is 0. The van der Waals surface area contributed by atoms with E-state index in [2.05, 4.69) is 46.4 Å². The highest BCUT2D eigenvalue weighted by Crippen LogP contribution is 2.22. The average Bonchev–Trinajstić information content (AvgIpc) is 2.93. The Morgan fingerprint density at radius 2 is 1.83 bits per heavy atom. The minimum Gasteiger partial charge on any atom is -0.312 e. The van der Waals surface area contributed by atoms with Gasteiger partial charge in [-0.3, -0.25) is 0 Å². The zero-order chi connectivity index (χ0) is 16.3. The summed E-state index contributed by atoms with van der Waals surface area (Å²) in [4.78, 5) is 0. The first kappa shape index (κ1) is 16.2.